The Hall–Kier alpha value is -1.23. The molecule has 2 rings (SSSR count). The van der Waals surface area contributed by atoms with Gasteiger partial charge < -0.3 is 9.84 Å². The average Bonchev–Trinajstić information content (AvgIpc) is 2.38. The molecule has 3 nitrogen and oxygen atoms in total. The summed E-state index contributed by atoms with van der Waals surface area (Å²) in [6.07, 6.45) is 0. The highest BCUT2D eigenvalue weighted by Gasteiger charge is 2.15. The first-order valence-corrected chi connectivity index (χ1v) is 7.12. The lowest BCUT2D eigenvalue weighted by Crippen LogP contribution is -2.04. The Morgan fingerprint density at radius 3 is 2.60 bits per heavy atom. The van der Waals surface area contributed by atoms with E-state index >= 15 is 0 Å². The number of benzene rings is 2. The van der Waals surface area contributed by atoms with Crippen LogP contribution in [0.15, 0.2) is 40.9 Å². The Bertz CT molecular complexity index is 659. The van der Waals surface area contributed by atoms with E-state index in [1.165, 1.54) is 6.07 Å². The van der Waals surface area contributed by atoms with Crippen molar-refractivity contribution < 1.29 is 14.6 Å². The molecule has 0 aromatic heterocycles. The quantitative estimate of drug-likeness (QED) is 0.814. The van der Waals surface area contributed by atoms with E-state index in [4.69, 9.17) is 33.0 Å². The van der Waals surface area contributed by atoms with Crippen LogP contribution in [0.4, 0.5) is 0 Å². The highest BCUT2D eigenvalue weighted by molar-refractivity contribution is 9.10. The Kier molecular flexibility index (Phi) is 4.91. The monoisotopic (exact) mass is 374 g/mol. The topological polar surface area (TPSA) is 46.5 Å². The zero-order valence-electron chi connectivity index (χ0n) is 10.1. The van der Waals surface area contributed by atoms with Crippen molar-refractivity contribution in [2.45, 2.75) is 6.61 Å². The number of carboxylic acids is 1. The number of para-hydroxylation sites is 1. The summed E-state index contributed by atoms with van der Waals surface area (Å²) in [5.74, 6) is -0.954. The zero-order chi connectivity index (χ0) is 14.7. The van der Waals surface area contributed by atoms with E-state index in [1.54, 1.807) is 24.3 Å². The fourth-order valence-electron chi connectivity index (χ4n) is 1.61. The van der Waals surface area contributed by atoms with Gasteiger partial charge >= 0.3 is 5.97 Å². The summed E-state index contributed by atoms with van der Waals surface area (Å²) in [7, 11) is 0. The third kappa shape index (κ3) is 3.45. The minimum atomic E-state index is -1.09. The van der Waals surface area contributed by atoms with Gasteiger partial charge in [0.15, 0.2) is 5.75 Å². The van der Waals surface area contributed by atoms with Crippen molar-refractivity contribution in [3.63, 3.8) is 0 Å². The summed E-state index contributed by atoms with van der Waals surface area (Å²) in [4.78, 5) is 11.1. The van der Waals surface area contributed by atoms with Gasteiger partial charge in [-0.15, -0.1) is 0 Å². The molecule has 104 valence electrons. The van der Waals surface area contributed by atoms with Gasteiger partial charge in [0.25, 0.3) is 0 Å². The van der Waals surface area contributed by atoms with E-state index in [9.17, 15) is 4.79 Å². The Labute approximate surface area is 134 Å². The molecule has 0 spiro atoms. The van der Waals surface area contributed by atoms with Crippen molar-refractivity contribution in [2.24, 2.45) is 0 Å². The van der Waals surface area contributed by atoms with Gasteiger partial charge in [0.05, 0.1) is 5.02 Å². The van der Waals surface area contributed by atoms with Crippen molar-refractivity contribution in [1.29, 1.82) is 0 Å². The normalized spacial score (nSPS) is 10.3. The smallest absolute Gasteiger partial charge is 0.339 e. The van der Waals surface area contributed by atoms with Gasteiger partial charge in [-0.3, -0.25) is 0 Å². The van der Waals surface area contributed by atoms with E-state index in [0.29, 0.717) is 5.02 Å². The number of ether oxygens (including phenoxy) is 1. The molecule has 0 atom stereocenters. The molecule has 0 saturated carbocycles. The van der Waals surface area contributed by atoms with Crippen LogP contribution in [0.3, 0.4) is 0 Å². The van der Waals surface area contributed by atoms with Crippen LogP contribution >= 0.6 is 39.1 Å². The van der Waals surface area contributed by atoms with Crippen molar-refractivity contribution in [3.8, 4) is 5.75 Å². The molecule has 0 radical (unpaired) electrons. The van der Waals surface area contributed by atoms with Crippen LogP contribution in [0.25, 0.3) is 0 Å². The van der Waals surface area contributed by atoms with Gasteiger partial charge in [0, 0.05) is 15.1 Å². The summed E-state index contributed by atoms with van der Waals surface area (Å²) >= 11 is 15.4. The molecule has 0 aliphatic rings. The second-order valence-corrected chi connectivity index (χ2v) is 5.68. The molecular weight excluding hydrogens is 367 g/mol. The zero-order valence-corrected chi connectivity index (χ0v) is 13.2. The van der Waals surface area contributed by atoms with Crippen LogP contribution in [0.1, 0.15) is 15.9 Å². The Morgan fingerprint density at radius 1 is 1.20 bits per heavy atom. The number of carbonyl (C=O) groups is 1. The number of aromatic carboxylic acids is 1. The lowest BCUT2D eigenvalue weighted by Gasteiger charge is -2.12. The molecule has 0 aliphatic carbocycles. The van der Waals surface area contributed by atoms with E-state index in [1.807, 2.05) is 6.07 Å². The molecule has 0 unspecified atom stereocenters. The first-order chi connectivity index (χ1) is 9.49. The van der Waals surface area contributed by atoms with Gasteiger partial charge in [-0.05, 0) is 24.3 Å². The molecule has 20 heavy (non-hydrogen) atoms. The Morgan fingerprint density at radius 2 is 1.95 bits per heavy atom. The minimum absolute atomic E-state index is 0.0192. The van der Waals surface area contributed by atoms with E-state index in [-0.39, 0.29) is 22.9 Å². The molecule has 2 aromatic rings. The summed E-state index contributed by atoms with van der Waals surface area (Å²) in [5.41, 5.74) is 0.761. The predicted molar refractivity (Wildman–Crippen MR) is 81.9 cm³/mol. The predicted octanol–water partition coefficient (Wildman–Crippen LogP) is 5.03. The first-order valence-electron chi connectivity index (χ1n) is 5.57. The summed E-state index contributed by atoms with van der Waals surface area (Å²) in [6.45, 7) is 0.135. The van der Waals surface area contributed by atoms with Crippen LogP contribution < -0.4 is 4.74 Å². The number of hydrogen-bond donors (Lipinski definition) is 1. The largest absolute Gasteiger partial charge is 0.486 e. The van der Waals surface area contributed by atoms with Crippen LogP contribution in [-0.4, -0.2) is 11.1 Å². The molecule has 2 aromatic carbocycles. The van der Waals surface area contributed by atoms with Gasteiger partial charge in [-0.1, -0.05) is 51.3 Å². The fraction of sp³-hybridized carbons (Fsp3) is 0.0714. The number of rotatable bonds is 4. The van der Waals surface area contributed by atoms with Crippen molar-refractivity contribution in [3.05, 3.63) is 62.0 Å². The molecule has 0 fully saturated rings. The molecule has 0 heterocycles. The van der Waals surface area contributed by atoms with Gasteiger partial charge in [0.2, 0.25) is 0 Å². The van der Waals surface area contributed by atoms with Crippen LogP contribution in [0.5, 0.6) is 5.75 Å². The maximum Gasteiger partial charge on any atom is 0.339 e. The number of halogens is 3. The van der Waals surface area contributed by atoms with Gasteiger partial charge in [-0.2, -0.15) is 0 Å². The highest BCUT2D eigenvalue weighted by atomic mass is 79.9. The summed E-state index contributed by atoms with van der Waals surface area (Å²) in [5, 5.41) is 9.89. The minimum Gasteiger partial charge on any atom is -0.486 e. The number of carboxylic acid groups (broad SMARTS) is 1. The Balaban J connectivity index is 2.25. The number of hydrogen-bond acceptors (Lipinski definition) is 2. The summed E-state index contributed by atoms with van der Waals surface area (Å²) in [6, 6.07) is 9.94. The lowest BCUT2D eigenvalue weighted by atomic mass is 10.2. The third-order valence-electron chi connectivity index (χ3n) is 2.58. The van der Waals surface area contributed by atoms with Gasteiger partial charge in [0.1, 0.15) is 12.2 Å². The average molecular weight is 376 g/mol. The second kappa shape index (κ2) is 6.48. The van der Waals surface area contributed by atoms with Crippen LogP contribution in [0, 0.1) is 0 Å². The molecule has 0 amide bonds. The van der Waals surface area contributed by atoms with E-state index < -0.39 is 5.97 Å². The third-order valence-corrected chi connectivity index (χ3v) is 3.73. The molecule has 0 aliphatic heterocycles. The SMILES string of the molecule is O=C(O)c1cccc(Cl)c1OCc1ccc(Br)cc1Cl. The van der Waals surface area contributed by atoms with Crippen LogP contribution in [-0.2, 0) is 6.61 Å². The van der Waals surface area contributed by atoms with Crippen molar-refractivity contribution in [2.75, 3.05) is 0 Å². The van der Waals surface area contributed by atoms with E-state index in [0.717, 1.165) is 10.0 Å². The maximum atomic E-state index is 11.1. The fourth-order valence-corrected chi connectivity index (χ4v) is 2.57. The van der Waals surface area contributed by atoms with Crippen molar-refractivity contribution in [1.82, 2.24) is 0 Å². The second-order valence-electron chi connectivity index (χ2n) is 3.95. The lowest BCUT2D eigenvalue weighted by molar-refractivity contribution is 0.0692. The van der Waals surface area contributed by atoms with Crippen LogP contribution in [0.2, 0.25) is 10.0 Å². The van der Waals surface area contributed by atoms with E-state index in [2.05, 4.69) is 15.9 Å². The van der Waals surface area contributed by atoms with Gasteiger partial charge in [-0.25, -0.2) is 4.79 Å². The first kappa shape index (κ1) is 15.2. The molecular formula is C14H9BrCl2O3. The maximum absolute atomic E-state index is 11.1. The molecule has 6 heteroatoms. The molecule has 0 saturated heterocycles. The van der Waals surface area contributed by atoms with Crippen molar-refractivity contribution >= 4 is 45.1 Å². The molecule has 1 N–H and O–H groups in total. The standard InChI is InChI=1S/C14H9BrCl2O3/c15-9-5-4-8(12(17)6-9)7-20-13-10(14(18)19)2-1-3-11(13)16/h1-6H,7H2,(H,18,19). The highest BCUT2D eigenvalue weighted by Crippen LogP contribution is 2.30. The summed E-state index contributed by atoms with van der Waals surface area (Å²) < 4.78 is 6.38. The molecule has 0 bridgehead atoms.